The second kappa shape index (κ2) is 9.35. The summed E-state index contributed by atoms with van der Waals surface area (Å²) in [7, 11) is 4.01. The first-order valence-electron chi connectivity index (χ1n) is 8.12. The predicted octanol–water partition coefficient (Wildman–Crippen LogP) is 3.29. The molecule has 3 heteroatoms. The molecule has 1 unspecified atom stereocenters. The number of carbonyl (C=O) groups is 1. The molecular formula is C16H32N2O. The molecule has 1 aliphatic heterocycles. The third-order valence-electron chi connectivity index (χ3n) is 4.31. The van der Waals surface area contributed by atoms with Crippen LogP contribution in [0.25, 0.3) is 0 Å². The fourth-order valence-corrected chi connectivity index (χ4v) is 2.83. The monoisotopic (exact) mass is 268 g/mol. The number of hydrogen-bond donors (Lipinski definition) is 0. The molecule has 1 aliphatic rings. The summed E-state index contributed by atoms with van der Waals surface area (Å²) in [4.78, 5) is 16.2. The Hall–Kier alpha value is -0.570. The summed E-state index contributed by atoms with van der Waals surface area (Å²) in [5, 5.41) is 0. The number of piperazine rings is 1. The maximum absolute atomic E-state index is 12.1. The first-order chi connectivity index (χ1) is 9.16. The average Bonchev–Trinajstić information content (AvgIpc) is 2.40. The van der Waals surface area contributed by atoms with Crippen molar-refractivity contribution in [2.45, 2.75) is 70.8 Å². The summed E-state index contributed by atoms with van der Waals surface area (Å²) in [6.45, 7) is 4.15. The molecule has 0 N–H and O–H groups in total. The van der Waals surface area contributed by atoms with Gasteiger partial charge in [-0.05, 0) is 13.5 Å². The zero-order valence-corrected chi connectivity index (χ0v) is 13.2. The minimum absolute atomic E-state index is 0.138. The minimum atomic E-state index is 0.138. The molecule has 0 radical (unpaired) electrons. The van der Waals surface area contributed by atoms with Gasteiger partial charge in [0, 0.05) is 20.1 Å². The fraction of sp³-hybridized carbons (Fsp3) is 0.938. The van der Waals surface area contributed by atoms with E-state index in [2.05, 4.69) is 18.9 Å². The van der Waals surface area contributed by atoms with Crippen LogP contribution in [0.2, 0.25) is 0 Å². The van der Waals surface area contributed by atoms with Crippen LogP contribution in [0.15, 0.2) is 0 Å². The summed E-state index contributed by atoms with van der Waals surface area (Å²) in [6, 6.07) is 0.138. The Labute approximate surface area is 119 Å². The standard InChI is InChI=1S/C16H32N2O/c1-4-5-6-7-8-9-10-11-12-15-16(19)18(3)14-13-17(15)2/h15H,4-14H2,1-3H3. The topological polar surface area (TPSA) is 23.6 Å². The lowest BCUT2D eigenvalue weighted by molar-refractivity contribution is -0.139. The molecule has 1 heterocycles. The van der Waals surface area contributed by atoms with Crippen LogP contribution in [0.4, 0.5) is 0 Å². The van der Waals surface area contributed by atoms with Crippen molar-refractivity contribution in [3.05, 3.63) is 0 Å². The third-order valence-corrected chi connectivity index (χ3v) is 4.31. The van der Waals surface area contributed by atoms with E-state index in [0.717, 1.165) is 19.5 Å². The van der Waals surface area contributed by atoms with Gasteiger partial charge in [0.2, 0.25) is 5.91 Å². The van der Waals surface area contributed by atoms with Crippen LogP contribution in [-0.2, 0) is 4.79 Å². The lowest BCUT2D eigenvalue weighted by Gasteiger charge is -2.36. The molecule has 0 bridgehead atoms. The van der Waals surface area contributed by atoms with Gasteiger partial charge in [-0.2, -0.15) is 0 Å². The van der Waals surface area contributed by atoms with E-state index in [4.69, 9.17) is 0 Å². The highest BCUT2D eigenvalue weighted by Gasteiger charge is 2.29. The predicted molar refractivity (Wildman–Crippen MR) is 81.3 cm³/mol. The molecule has 1 fully saturated rings. The second-order valence-corrected chi connectivity index (χ2v) is 6.02. The van der Waals surface area contributed by atoms with Gasteiger partial charge >= 0.3 is 0 Å². The summed E-state index contributed by atoms with van der Waals surface area (Å²) in [5.41, 5.74) is 0. The number of rotatable bonds is 9. The molecule has 0 aromatic carbocycles. The molecule has 0 aromatic heterocycles. The summed E-state index contributed by atoms with van der Waals surface area (Å²) in [5.74, 6) is 0.316. The summed E-state index contributed by atoms with van der Waals surface area (Å²) in [6.07, 6.45) is 11.7. The van der Waals surface area contributed by atoms with E-state index in [1.165, 1.54) is 51.4 Å². The van der Waals surface area contributed by atoms with Crippen molar-refractivity contribution in [2.75, 3.05) is 27.2 Å². The first kappa shape index (κ1) is 16.5. The fourth-order valence-electron chi connectivity index (χ4n) is 2.83. The van der Waals surface area contributed by atoms with Crippen LogP contribution in [0, 0.1) is 0 Å². The van der Waals surface area contributed by atoms with Gasteiger partial charge in [0.15, 0.2) is 0 Å². The number of hydrogen-bond acceptors (Lipinski definition) is 2. The Morgan fingerprint density at radius 3 is 2.16 bits per heavy atom. The first-order valence-corrected chi connectivity index (χ1v) is 8.12. The number of amides is 1. The van der Waals surface area contributed by atoms with Crippen molar-refractivity contribution in [1.29, 1.82) is 0 Å². The quantitative estimate of drug-likeness (QED) is 0.599. The average molecular weight is 268 g/mol. The van der Waals surface area contributed by atoms with Crippen LogP contribution in [-0.4, -0.2) is 48.9 Å². The van der Waals surface area contributed by atoms with E-state index >= 15 is 0 Å². The molecule has 0 spiro atoms. The number of carbonyl (C=O) groups excluding carboxylic acids is 1. The zero-order valence-electron chi connectivity index (χ0n) is 13.2. The molecule has 1 saturated heterocycles. The van der Waals surface area contributed by atoms with Gasteiger partial charge in [-0.15, -0.1) is 0 Å². The molecule has 1 atom stereocenters. The van der Waals surface area contributed by atoms with E-state index in [1.807, 2.05) is 11.9 Å². The molecule has 0 aromatic rings. The van der Waals surface area contributed by atoms with Crippen molar-refractivity contribution < 1.29 is 4.79 Å². The Kier molecular flexibility index (Phi) is 8.11. The van der Waals surface area contributed by atoms with Crippen molar-refractivity contribution in [3.63, 3.8) is 0 Å². The van der Waals surface area contributed by atoms with Gasteiger partial charge in [-0.3, -0.25) is 9.69 Å². The largest absolute Gasteiger partial charge is 0.343 e. The highest BCUT2D eigenvalue weighted by Crippen LogP contribution is 2.16. The third kappa shape index (κ3) is 5.94. The molecule has 3 nitrogen and oxygen atoms in total. The Morgan fingerprint density at radius 2 is 1.53 bits per heavy atom. The van der Waals surface area contributed by atoms with E-state index in [1.54, 1.807) is 0 Å². The Morgan fingerprint density at radius 1 is 0.947 bits per heavy atom. The molecule has 19 heavy (non-hydrogen) atoms. The Balaban J connectivity index is 2.06. The van der Waals surface area contributed by atoms with Gasteiger partial charge in [0.1, 0.15) is 0 Å². The normalized spacial score (nSPS) is 21.1. The smallest absolute Gasteiger partial charge is 0.239 e. The summed E-state index contributed by atoms with van der Waals surface area (Å²) >= 11 is 0. The maximum Gasteiger partial charge on any atom is 0.239 e. The van der Waals surface area contributed by atoms with Gasteiger partial charge in [0.05, 0.1) is 6.04 Å². The minimum Gasteiger partial charge on any atom is -0.343 e. The van der Waals surface area contributed by atoms with Crippen LogP contribution in [0.1, 0.15) is 64.7 Å². The summed E-state index contributed by atoms with van der Waals surface area (Å²) < 4.78 is 0. The second-order valence-electron chi connectivity index (χ2n) is 6.02. The highest BCUT2D eigenvalue weighted by atomic mass is 16.2. The van der Waals surface area contributed by atoms with Gasteiger partial charge in [-0.1, -0.05) is 58.3 Å². The number of likely N-dealkylation sites (N-methyl/N-ethyl adjacent to an activating group) is 2. The van der Waals surface area contributed by atoms with Crippen LogP contribution in [0.5, 0.6) is 0 Å². The maximum atomic E-state index is 12.1. The van der Waals surface area contributed by atoms with Gasteiger partial charge in [-0.25, -0.2) is 0 Å². The highest BCUT2D eigenvalue weighted by molar-refractivity contribution is 5.82. The molecule has 112 valence electrons. The van der Waals surface area contributed by atoms with Crippen molar-refractivity contribution >= 4 is 5.91 Å². The molecule has 0 aliphatic carbocycles. The molecule has 1 amide bonds. The van der Waals surface area contributed by atoms with E-state index in [9.17, 15) is 4.79 Å². The zero-order chi connectivity index (χ0) is 14.1. The van der Waals surface area contributed by atoms with Crippen molar-refractivity contribution in [2.24, 2.45) is 0 Å². The van der Waals surface area contributed by atoms with Crippen molar-refractivity contribution in [1.82, 2.24) is 9.80 Å². The number of unbranched alkanes of at least 4 members (excludes halogenated alkanes) is 7. The van der Waals surface area contributed by atoms with E-state index in [-0.39, 0.29) is 6.04 Å². The van der Waals surface area contributed by atoms with Gasteiger partial charge in [0.25, 0.3) is 0 Å². The Bertz CT molecular complexity index is 255. The van der Waals surface area contributed by atoms with E-state index in [0.29, 0.717) is 5.91 Å². The van der Waals surface area contributed by atoms with Crippen LogP contribution in [0.3, 0.4) is 0 Å². The SMILES string of the molecule is CCCCCCCCCCC1C(=O)N(C)CCN1C. The van der Waals surface area contributed by atoms with Crippen LogP contribution >= 0.6 is 0 Å². The molecule has 0 saturated carbocycles. The lowest BCUT2D eigenvalue weighted by Crippen LogP contribution is -2.53. The van der Waals surface area contributed by atoms with Crippen molar-refractivity contribution in [3.8, 4) is 0 Å². The number of nitrogens with zero attached hydrogens (tertiary/aromatic N) is 2. The lowest BCUT2D eigenvalue weighted by atomic mass is 10.0. The molecular weight excluding hydrogens is 236 g/mol. The molecule has 1 rings (SSSR count). The van der Waals surface area contributed by atoms with E-state index < -0.39 is 0 Å². The van der Waals surface area contributed by atoms with Crippen LogP contribution < -0.4 is 0 Å². The van der Waals surface area contributed by atoms with Gasteiger partial charge < -0.3 is 4.90 Å².